The van der Waals surface area contributed by atoms with E-state index in [-0.39, 0.29) is 95.0 Å². The molecule has 0 radical (unpaired) electrons. The molecule has 1 amide bonds. The number of carbonyl (C=O) groups excluding carboxylic acids is 1. The summed E-state index contributed by atoms with van der Waals surface area (Å²) in [4.78, 5) is 37.2. The van der Waals surface area contributed by atoms with Crippen LogP contribution in [-0.2, 0) is 62.5 Å². The Kier molecular flexibility index (Phi) is 13.6. The van der Waals surface area contributed by atoms with Crippen molar-refractivity contribution in [1.82, 2.24) is 5.06 Å². The summed E-state index contributed by atoms with van der Waals surface area (Å²) in [5.41, 5.74) is 1.27. The van der Waals surface area contributed by atoms with Crippen LogP contribution in [0.15, 0.2) is 24.3 Å². The first-order chi connectivity index (χ1) is 32.9. The van der Waals surface area contributed by atoms with Gasteiger partial charge in [0, 0.05) is 52.0 Å². The molecule has 0 fully saturated rings. The van der Waals surface area contributed by atoms with Crippen LogP contribution >= 0.6 is 46.4 Å². The van der Waals surface area contributed by atoms with Crippen molar-refractivity contribution in [2.45, 2.75) is 76.4 Å². The van der Waals surface area contributed by atoms with Crippen molar-refractivity contribution in [2.24, 2.45) is 0 Å². The van der Waals surface area contributed by atoms with Crippen molar-refractivity contribution in [2.75, 3.05) is 80.6 Å². The van der Waals surface area contributed by atoms with Crippen molar-refractivity contribution in [3.63, 3.8) is 0 Å². The Hall–Kier alpha value is -3.70. The van der Waals surface area contributed by atoms with Crippen molar-refractivity contribution in [3.8, 4) is 11.5 Å². The lowest BCUT2D eigenvalue weighted by atomic mass is 9.70. The highest BCUT2D eigenvalue weighted by molar-refractivity contribution is 7.86. The van der Waals surface area contributed by atoms with Gasteiger partial charge in [-0.2, -0.15) is 21.9 Å². The van der Waals surface area contributed by atoms with E-state index in [9.17, 15) is 30.7 Å². The highest BCUT2D eigenvalue weighted by Gasteiger charge is 2.62. The summed E-state index contributed by atoms with van der Waals surface area (Å²) >= 11 is 28.2. The summed E-state index contributed by atoms with van der Waals surface area (Å²) in [6.45, 7) is 9.41. The molecule has 0 atom stereocenters. The predicted molar refractivity (Wildman–Crippen MR) is 264 cm³/mol. The number of carbonyl (C=O) groups is 2. The zero-order valence-corrected chi connectivity index (χ0v) is 43.3. The van der Waals surface area contributed by atoms with E-state index in [1.165, 1.54) is 0 Å². The van der Waals surface area contributed by atoms with Crippen molar-refractivity contribution < 1.29 is 64.4 Å². The molecule has 0 saturated heterocycles. The van der Waals surface area contributed by atoms with E-state index >= 15 is 4.79 Å². The van der Waals surface area contributed by atoms with Gasteiger partial charge in [-0.1, -0.05) is 58.6 Å². The molecule has 3 aromatic carbocycles. The van der Waals surface area contributed by atoms with Crippen LogP contribution in [0.4, 0.5) is 11.4 Å². The Labute approximate surface area is 425 Å². The smallest absolute Gasteiger partial charge is 0.305 e. The van der Waals surface area contributed by atoms with Crippen LogP contribution in [0.2, 0.25) is 20.1 Å². The van der Waals surface area contributed by atoms with Gasteiger partial charge < -0.3 is 33.9 Å². The minimum atomic E-state index is -4.61. The molecule has 6 aliphatic rings. The molecule has 23 heteroatoms. The van der Waals surface area contributed by atoms with E-state index in [1.807, 2.05) is 27.7 Å². The van der Waals surface area contributed by atoms with Gasteiger partial charge in [-0.05, 0) is 76.7 Å². The number of hydrogen-bond acceptors (Lipinski definition) is 13. The van der Waals surface area contributed by atoms with E-state index in [1.54, 1.807) is 24.3 Å². The largest absolute Gasteiger partial charge is 0.481 e. The van der Waals surface area contributed by atoms with Crippen molar-refractivity contribution in [3.05, 3.63) is 88.9 Å². The fraction of sp³-hybridized carbons (Fsp3) is 0.489. The maximum atomic E-state index is 15.5. The molecule has 17 nitrogen and oxygen atoms in total. The lowest BCUT2D eigenvalue weighted by molar-refractivity contribution is -0.171. The molecule has 0 aliphatic carbocycles. The molecule has 0 bridgehead atoms. The van der Waals surface area contributed by atoms with Crippen LogP contribution < -0.4 is 14.5 Å². The molecule has 6 heterocycles. The predicted octanol–water partition coefficient (Wildman–Crippen LogP) is 8.24. The van der Waals surface area contributed by atoms with Crippen molar-refractivity contribution in [1.29, 1.82) is 0 Å². The molecule has 3 aromatic rings. The zero-order valence-electron chi connectivity index (χ0n) is 38.6. The highest BCUT2D eigenvalue weighted by Crippen LogP contribution is 2.66. The normalized spacial score (nSPS) is 18.9. The third-order valence-electron chi connectivity index (χ3n) is 13.6. The van der Waals surface area contributed by atoms with Gasteiger partial charge in [-0.25, -0.2) is 0 Å². The Morgan fingerprint density at radius 1 is 0.686 bits per heavy atom. The van der Waals surface area contributed by atoms with Crippen molar-refractivity contribution >= 4 is 101 Å². The summed E-state index contributed by atoms with van der Waals surface area (Å²) in [7, 11) is -9.22. The number of carboxylic acid groups (broad SMARTS) is 1. The van der Waals surface area contributed by atoms with E-state index in [0.29, 0.717) is 95.0 Å². The molecule has 0 aromatic heterocycles. The van der Waals surface area contributed by atoms with Gasteiger partial charge in [0.2, 0.25) is 0 Å². The minimum absolute atomic E-state index is 0.0503. The van der Waals surface area contributed by atoms with Crippen LogP contribution in [0.1, 0.15) is 96.3 Å². The molecule has 0 unspecified atom stereocenters. The number of nitrogens with zero attached hydrogens (tertiary/aromatic N) is 3. The van der Waals surface area contributed by atoms with Crippen LogP contribution in [0.5, 0.6) is 11.5 Å². The Morgan fingerprint density at radius 3 is 1.59 bits per heavy atom. The molecule has 378 valence electrons. The number of halogens is 4. The van der Waals surface area contributed by atoms with Crippen LogP contribution in [0.25, 0.3) is 11.1 Å². The Morgan fingerprint density at radius 2 is 1.13 bits per heavy atom. The second kappa shape index (κ2) is 18.7. The van der Waals surface area contributed by atoms with E-state index in [0.717, 1.165) is 5.06 Å². The minimum Gasteiger partial charge on any atom is -0.481 e. The van der Waals surface area contributed by atoms with Gasteiger partial charge in [0.25, 0.3) is 26.1 Å². The summed E-state index contributed by atoms with van der Waals surface area (Å²) in [5, 5.41) is 9.19. The number of hydrogen-bond donors (Lipinski definition) is 3. The lowest BCUT2D eigenvalue weighted by Gasteiger charge is -2.51. The monoisotopic (exact) mass is 1090 g/mol. The number of fused-ring (bicyclic) bond motifs is 8. The highest BCUT2D eigenvalue weighted by atomic mass is 35.5. The van der Waals surface area contributed by atoms with Gasteiger partial charge in [0.05, 0.1) is 101 Å². The number of ether oxygens (including phenoxy) is 4. The van der Waals surface area contributed by atoms with Crippen LogP contribution in [0.3, 0.4) is 0 Å². The average molecular weight is 1090 g/mol. The van der Waals surface area contributed by atoms with Gasteiger partial charge in [0.15, 0.2) is 5.54 Å². The Balaban J connectivity index is 1.28. The number of amides is 1. The SMILES string of the molecule is CC1(C)C=C(CS(=O)(=O)O)c2cc3c(c4c2N1CCC4)Oc1c(cc2c4c1CCCN4C(C)(C)C=C2CS(=O)(=O)O)C31c2c(Cl)c(Cl)c(Cl)c(Cl)c2C(=O)N1OCCOCCOCCOCCC(=O)O. The van der Waals surface area contributed by atoms with E-state index < -0.39 is 60.2 Å². The molecule has 1 spiro atoms. The number of rotatable bonds is 17. The van der Waals surface area contributed by atoms with Gasteiger partial charge in [-0.15, -0.1) is 0 Å². The third-order valence-corrected chi connectivity index (χ3v) is 16.8. The maximum Gasteiger partial charge on any atom is 0.305 e. The second-order valence-electron chi connectivity index (χ2n) is 19.1. The number of aliphatic carboxylic acids is 1. The molecule has 9 rings (SSSR count). The average Bonchev–Trinajstić information content (AvgIpc) is 3.52. The van der Waals surface area contributed by atoms with E-state index in [4.69, 9.17) is 75.3 Å². The number of hydroxylamine groups is 2. The lowest BCUT2D eigenvalue weighted by Crippen LogP contribution is -2.51. The quantitative estimate of drug-likeness (QED) is 0.0502. The molecule has 3 N–H and O–H groups in total. The summed E-state index contributed by atoms with van der Waals surface area (Å²) < 4.78 is 96.2. The molecule has 0 saturated carbocycles. The van der Waals surface area contributed by atoms with Gasteiger partial charge in [0.1, 0.15) is 23.0 Å². The summed E-state index contributed by atoms with van der Waals surface area (Å²) in [6, 6.07) is 3.45. The van der Waals surface area contributed by atoms with E-state index in [2.05, 4.69) is 9.80 Å². The zero-order chi connectivity index (χ0) is 50.5. The second-order valence-corrected chi connectivity index (χ2v) is 23.5. The number of carboxylic acids is 1. The first kappa shape index (κ1) is 51.2. The summed E-state index contributed by atoms with van der Waals surface area (Å²) in [6.07, 6.45) is 5.68. The van der Waals surface area contributed by atoms with Gasteiger partial charge in [-0.3, -0.25) is 23.5 Å². The topological polar surface area (TPSA) is 219 Å². The molecular weight excluding hydrogens is 1040 g/mol. The Bertz CT molecular complexity index is 2900. The fourth-order valence-corrected chi connectivity index (χ4v) is 13.4. The van der Waals surface area contributed by atoms with Crippen LogP contribution in [0, 0.1) is 0 Å². The fourth-order valence-electron chi connectivity index (χ4n) is 11.1. The molecular formula is C47H51Cl4N3O14S2. The molecule has 6 aliphatic heterocycles. The number of anilines is 2. The standard InChI is InChI=1S/C47H51Cl4N3O14S2/c1-45(2)21-25(23-69(58,59)60)29-19-31-42(27-7-5-10-52(45)40(27)29)68-43-28-8-6-11-53-41(28)30(26(22-46(53,3)4)24-70(61,62)63)20-32(43)47(31)35-34(36(48)38(50)39(51)37(35)49)44(57)54(47)67-18-17-66-16-15-65-14-13-64-12-9-33(55)56/h19-22H,5-18,23-24H2,1-4H3,(H,55,56)(H,58,59,60)(H,61,62,63). The molecule has 70 heavy (non-hydrogen) atoms. The third kappa shape index (κ3) is 8.78. The summed E-state index contributed by atoms with van der Waals surface area (Å²) in [5.74, 6) is -2.56. The maximum absolute atomic E-state index is 15.5. The first-order valence-electron chi connectivity index (χ1n) is 22.7. The van der Waals surface area contributed by atoms with Crippen LogP contribution in [-0.4, -0.2) is 130 Å². The van der Waals surface area contributed by atoms with Gasteiger partial charge >= 0.3 is 5.97 Å². The number of benzene rings is 3. The first-order valence-corrected chi connectivity index (χ1v) is 27.4.